The van der Waals surface area contributed by atoms with Crippen LogP contribution in [-0.2, 0) is 25.4 Å². The number of amides is 1. The molecule has 1 fully saturated rings. The molecule has 264 valence electrons. The second kappa shape index (κ2) is 17.2. The lowest BCUT2D eigenvalue weighted by Crippen LogP contribution is -2.78. The number of carbonyl (C=O) groups excluding carboxylic acids is 1. The number of carboxylic acid groups (broad SMARTS) is 1. The molecule has 19 nitrogen and oxygen atoms in total. The number of anilines is 1. The minimum Gasteiger partial charge on any atom is -0.790 e. The third-order valence-electron chi connectivity index (χ3n) is 7.04. The number of aliphatic carboxylic acids is 1. The highest BCUT2D eigenvalue weighted by Crippen LogP contribution is 2.37. The molecule has 0 spiro atoms. The second-order valence-corrected chi connectivity index (χ2v) is 12.7. The Labute approximate surface area is 284 Å². The Balaban J connectivity index is 0.000000386. The SMILES string of the molecule is CCOC1CC(n2cc(NC(=O)c3csc(-c4cnn(COP(=O)([O-])[O-])c4)n3)c(-c3ccccn3)n2)C1.NC(N)=[NH+]CCCC(N)C(=O)O. The molecule has 5 rings (SSSR count). The number of nitrogens with one attached hydrogen (secondary N) is 2. The number of carboxylic acids is 1. The van der Waals surface area contributed by atoms with Crippen molar-refractivity contribution in [2.24, 2.45) is 17.2 Å². The van der Waals surface area contributed by atoms with Gasteiger partial charge in [-0.2, -0.15) is 10.2 Å². The van der Waals surface area contributed by atoms with E-state index in [1.165, 1.54) is 23.7 Å². The molecule has 0 aromatic carbocycles. The predicted octanol–water partition coefficient (Wildman–Crippen LogP) is -1.41. The summed E-state index contributed by atoms with van der Waals surface area (Å²) in [5.41, 5.74) is 17.9. The lowest BCUT2D eigenvalue weighted by molar-refractivity contribution is -0.459. The minimum atomic E-state index is -5.12. The maximum atomic E-state index is 13.1. The molecular weight excluding hydrogens is 681 g/mol. The van der Waals surface area contributed by atoms with Gasteiger partial charge in [0.15, 0.2) is 0 Å². The Morgan fingerprint density at radius 2 is 2.04 bits per heavy atom. The molecule has 4 aromatic rings. The van der Waals surface area contributed by atoms with Gasteiger partial charge in [-0.05, 0) is 44.7 Å². The number of pyridine rings is 1. The summed E-state index contributed by atoms with van der Waals surface area (Å²) in [6.07, 6.45) is 9.32. The zero-order chi connectivity index (χ0) is 35.6. The molecule has 49 heavy (non-hydrogen) atoms. The number of guanidine groups is 1. The quantitative estimate of drug-likeness (QED) is 0.0356. The van der Waals surface area contributed by atoms with Gasteiger partial charge in [-0.3, -0.25) is 35.7 Å². The van der Waals surface area contributed by atoms with Gasteiger partial charge in [-0.15, -0.1) is 11.3 Å². The number of nitrogens with zero attached hydrogens (tertiary/aromatic N) is 6. The Morgan fingerprint density at radius 3 is 2.69 bits per heavy atom. The van der Waals surface area contributed by atoms with Crippen LogP contribution in [0.1, 0.15) is 49.1 Å². The Bertz CT molecular complexity index is 1760. The Hall–Kier alpha value is -4.56. The summed E-state index contributed by atoms with van der Waals surface area (Å²) in [5.74, 6) is -1.27. The molecule has 1 aliphatic carbocycles. The van der Waals surface area contributed by atoms with Crippen LogP contribution in [0.15, 0.2) is 48.4 Å². The number of phosphoric acid groups is 1. The first-order valence-electron chi connectivity index (χ1n) is 15.0. The summed E-state index contributed by atoms with van der Waals surface area (Å²) in [6, 6.07) is 4.86. The van der Waals surface area contributed by atoms with Crippen LogP contribution in [0, 0.1) is 0 Å². The first-order chi connectivity index (χ1) is 23.3. The molecule has 1 atom stereocenters. The van der Waals surface area contributed by atoms with Crippen molar-refractivity contribution in [2.75, 3.05) is 18.5 Å². The first kappa shape index (κ1) is 37.3. The summed E-state index contributed by atoms with van der Waals surface area (Å²) in [7, 11) is -5.12. The van der Waals surface area contributed by atoms with Gasteiger partial charge in [-0.25, -0.2) is 9.67 Å². The fourth-order valence-corrected chi connectivity index (χ4v) is 5.57. The number of nitrogens with two attached hydrogens (primary N) is 3. The number of phosphoric ester groups is 1. The van der Waals surface area contributed by atoms with Crippen LogP contribution >= 0.6 is 19.2 Å². The third-order valence-corrected chi connectivity index (χ3v) is 8.36. The summed E-state index contributed by atoms with van der Waals surface area (Å²) in [6.45, 7) is 2.64. The zero-order valence-electron chi connectivity index (χ0n) is 26.4. The van der Waals surface area contributed by atoms with Gasteiger partial charge in [0.05, 0.1) is 44.1 Å². The number of hydrogen-bond acceptors (Lipinski definition) is 13. The standard InChI is InChI=1S/C22H24N7O6PS.C6H14N4O2/c1-2-34-16-7-15(8-16)29-11-18(20(27-29)17-5-3-4-6-23-17)25-21(30)19-12-37-22(26-19)14-9-24-28(10-14)13-35-36(31,32)33;7-4(5(11)12)2-1-3-10-6(8)9/h3-6,9-12,15-16H,2,7-8,13H2,1H3,(H,25,30)(H2,31,32,33);4H,1-3,7H2,(H,11,12)(H4,8,9,10)/p-1. The van der Waals surface area contributed by atoms with E-state index in [-0.39, 0.29) is 23.8 Å². The number of ether oxygens (including phenoxy) is 1. The molecular formula is C28H37N11O8PS-. The summed E-state index contributed by atoms with van der Waals surface area (Å²) in [5, 5.41) is 22.0. The molecule has 1 aliphatic rings. The molecule has 1 amide bonds. The molecule has 4 heterocycles. The van der Waals surface area contributed by atoms with Crippen LogP contribution in [-0.4, -0.2) is 77.8 Å². The lowest BCUT2D eigenvalue weighted by atomic mass is 9.89. The van der Waals surface area contributed by atoms with Gasteiger partial charge >= 0.3 is 11.9 Å². The maximum Gasteiger partial charge on any atom is 0.338 e. The average molecular weight is 719 g/mol. The van der Waals surface area contributed by atoms with Crippen LogP contribution in [0.3, 0.4) is 0 Å². The van der Waals surface area contributed by atoms with Crippen LogP contribution in [0.2, 0.25) is 0 Å². The van der Waals surface area contributed by atoms with E-state index in [1.54, 1.807) is 17.8 Å². The van der Waals surface area contributed by atoms with E-state index in [4.69, 9.17) is 32.1 Å². The molecule has 0 saturated heterocycles. The van der Waals surface area contributed by atoms with E-state index in [9.17, 15) is 23.9 Å². The van der Waals surface area contributed by atoms with E-state index in [0.717, 1.165) is 17.5 Å². The van der Waals surface area contributed by atoms with Crippen molar-refractivity contribution in [3.8, 4) is 22.0 Å². The maximum absolute atomic E-state index is 13.1. The highest BCUT2D eigenvalue weighted by atomic mass is 32.1. The monoisotopic (exact) mass is 718 g/mol. The number of carbonyl (C=O) groups is 2. The summed E-state index contributed by atoms with van der Waals surface area (Å²) >= 11 is 1.22. The van der Waals surface area contributed by atoms with E-state index >= 15 is 0 Å². The van der Waals surface area contributed by atoms with Crippen LogP contribution in [0.5, 0.6) is 0 Å². The molecule has 0 radical (unpaired) electrons. The van der Waals surface area contributed by atoms with Crippen LogP contribution in [0.25, 0.3) is 22.0 Å². The predicted molar refractivity (Wildman–Crippen MR) is 173 cm³/mol. The number of thiazole rings is 1. The molecule has 1 unspecified atom stereocenters. The zero-order valence-corrected chi connectivity index (χ0v) is 28.1. The van der Waals surface area contributed by atoms with Crippen LogP contribution in [0.4, 0.5) is 5.69 Å². The Kier molecular flexibility index (Phi) is 13.1. The van der Waals surface area contributed by atoms with Gasteiger partial charge in [0, 0.05) is 36.1 Å². The van der Waals surface area contributed by atoms with Gasteiger partial charge in [0.25, 0.3) is 5.91 Å². The average Bonchev–Trinajstić information content (AvgIpc) is 3.80. The van der Waals surface area contributed by atoms with E-state index in [1.807, 2.05) is 29.8 Å². The Morgan fingerprint density at radius 1 is 1.27 bits per heavy atom. The van der Waals surface area contributed by atoms with Crippen molar-refractivity contribution in [1.82, 2.24) is 29.5 Å². The fourth-order valence-electron chi connectivity index (χ4n) is 4.54. The largest absolute Gasteiger partial charge is 0.790 e. The molecule has 9 N–H and O–H groups in total. The number of aromatic nitrogens is 6. The topological polar surface area (TPSA) is 302 Å². The van der Waals surface area contributed by atoms with Gasteiger partial charge < -0.3 is 39.8 Å². The minimum absolute atomic E-state index is 0.138. The van der Waals surface area contributed by atoms with Crippen molar-refractivity contribution in [1.29, 1.82) is 0 Å². The van der Waals surface area contributed by atoms with Crippen molar-refractivity contribution in [3.63, 3.8) is 0 Å². The van der Waals surface area contributed by atoms with Gasteiger partial charge in [-0.1, -0.05) is 6.07 Å². The highest BCUT2D eigenvalue weighted by Gasteiger charge is 2.32. The second-order valence-electron chi connectivity index (χ2n) is 10.7. The first-order valence-corrected chi connectivity index (χ1v) is 17.4. The fraction of sp³-hybridized carbons (Fsp3) is 0.393. The van der Waals surface area contributed by atoms with Gasteiger partial charge in [0.2, 0.25) is 0 Å². The molecule has 1 saturated carbocycles. The third kappa shape index (κ3) is 11.2. The lowest BCUT2D eigenvalue weighted by Gasteiger charge is -2.34. The van der Waals surface area contributed by atoms with Crippen molar-refractivity contribution < 1.29 is 43.3 Å². The number of hydrogen-bond donors (Lipinski definition) is 6. The van der Waals surface area contributed by atoms with E-state index in [0.29, 0.717) is 53.6 Å². The van der Waals surface area contributed by atoms with E-state index < -0.39 is 32.5 Å². The van der Waals surface area contributed by atoms with Crippen molar-refractivity contribution >= 4 is 42.7 Å². The summed E-state index contributed by atoms with van der Waals surface area (Å²) in [4.78, 5) is 56.1. The van der Waals surface area contributed by atoms with Crippen molar-refractivity contribution in [2.45, 2.75) is 57.5 Å². The van der Waals surface area contributed by atoms with Gasteiger partial charge in [0.1, 0.15) is 29.2 Å². The molecule has 0 aliphatic heterocycles. The highest BCUT2D eigenvalue weighted by molar-refractivity contribution is 7.43. The molecule has 4 aromatic heterocycles. The summed E-state index contributed by atoms with van der Waals surface area (Å²) < 4.78 is 23.5. The number of rotatable bonds is 15. The molecule has 0 bridgehead atoms. The van der Waals surface area contributed by atoms with Crippen molar-refractivity contribution in [3.05, 3.63) is 54.1 Å². The normalized spacial score (nSPS) is 16.2. The molecule has 21 heteroatoms. The van der Waals surface area contributed by atoms with E-state index in [2.05, 4.69) is 29.9 Å². The van der Waals surface area contributed by atoms with Crippen LogP contribution < -0.4 is 37.3 Å². The smallest absolute Gasteiger partial charge is 0.338 e.